The summed E-state index contributed by atoms with van der Waals surface area (Å²) in [5.74, 6) is -0.861. The van der Waals surface area contributed by atoms with Crippen molar-refractivity contribution in [3.63, 3.8) is 0 Å². The molecule has 0 heterocycles. The van der Waals surface area contributed by atoms with Crippen LogP contribution in [0.1, 0.15) is 42.1 Å². The van der Waals surface area contributed by atoms with Gasteiger partial charge in [-0.3, -0.25) is 23.5 Å². The molecule has 0 saturated heterocycles. The molecule has 2 aromatic carbocycles. The molecule has 2 nitrogen and oxygen atoms in total. The Morgan fingerprint density at radius 3 is 2.07 bits per heavy atom. The van der Waals surface area contributed by atoms with Crippen molar-refractivity contribution in [2.24, 2.45) is 0 Å². The minimum atomic E-state index is -0.464. The molecule has 0 atom stereocenters. The molecule has 0 aromatic heterocycles. The molecular formula is C18H24F6O2S. The molecule has 156 valence electrons. The van der Waals surface area contributed by atoms with Crippen LogP contribution in [0.2, 0.25) is 0 Å². The molecule has 0 aliphatic heterocycles. The van der Waals surface area contributed by atoms with E-state index in [0.29, 0.717) is 10.5 Å². The highest BCUT2D eigenvalue weighted by atomic mass is 32.2. The van der Waals surface area contributed by atoms with Crippen LogP contribution >= 0.6 is 12.0 Å². The van der Waals surface area contributed by atoms with Gasteiger partial charge >= 0.3 is 5.97 Å². The summed E-state index contributed by atoms with van der Waals surface area (Å²) in [5.41, 5.74) is 1.69. The van der Waals surface area contributed by atoms with Gasteiger partial charge in [-0.2, -0.15) is 0 Å². The summed E-state index contributed by atoms with van der Waals surface area (Å²) in [5, 5.41) is 0. The second-order valence-corrected chi connectivity index (χ2v) is 5.81. The van der Waals surface area contributed by atoms with Gasteiger partial charge in [0.25, 0.3) is 0 Å². The molecule has 0 amide bonds. The van der Waals surface area contributed by atoms with Crippen LogP contribution < -0.4 is 0 Å². The molecule has 0 bridgehead atoms. The zero-order chi connectivity index (χ0) is 15.8. The average Bonchev–Trinajstić information content (AvgIpc) is 2.55. The highest BCUT2D eigenvalue weighted by Gasteiger charge is 2.10. The van der Waals surface area contributed by atoms with Crippen molar-refractivity contribution in [3.8, 4) is 0 Å². The minimum absolute atomic E-state index is 0. The number of rotatable bonds is 7. The molecule has 0 aliphatic carbocycles. The van der Waals surface area contributed by atoms with Crippen molar-refractivity contribution in [1.82, 2.24) is 0 Å². The van der Waals surface area contributed by atoms with Crippen LogP contribution in [-0.4, -0.2) is 5.97 Å². The van der Waals surface area contributed by atoms with E-state index in [4.69, 9.17) is 4.18 Å². The second-order valence-electron chi connectivity index (χ2n) is 5.04. The fourth-order valence-electron chi connectivity index (χ4n) is 2.03. The Balaban J connectivity index is -0.000000529. The number of hydrogen-bond donors (Lipinski definition) is 0. The first-order valence-corrected chi connectivity index (χ1v) is 8.17. The fraction of sp³-hybridized carbons (Fsp3) is 0.278. The van der Waals surface area contributed by atoms with Crippen LogP contribution in [0.25, 0.3) is 0 Å². The van der Waals surface area contributed by atoms with E-state index in [1.165, 1.54) is 24.5 Å². The Labute approximate surface area is 158 Å². The van der Waals surface area contributed by atoms with Crippen LogP contribution in [-0.2, 0) is 10.6 Å². The number of benzene rings is 2. The molecule has 0 spiro atoms. The van der Waals surface area contributed by atoms with Crippen molar-refractivity contribution < 1.29 is 36.9 Å². The lowest BCUT2D eigenvalue weighted by molar-refractivity contribution is 0.0768. The molecule has 0 aliphatic rings. The Morgan fingerprint density at radius 1 is 0.926 bits per heavy atom. The molecule has 0 radical (unpaired) electrons. The molecule has 2 rings (SSSR count). The van der Waals surface area contributed by atoms with Gasteiger partial charge in [0.1, 0.15) is 5.82 Å². The molecule has 0 N–H and O–H groups in total. The first-order chi connectivity index (χ1) is 10.7. The largest absolute Gasteiger partial charge is 0.382 e. The lowest BCUT2D eigenvalue weighted by atomic mass is 10.1. The molecule has 2 aromatic rings. The summed E-state index contributed by atoms with van der Waals surface area (Å²) in [6.07, 6.45) is 4.58. The minimum Gasteiger partial charge on any atom is -0.382 e. The monoisotopic (exact) mass is 418 g/mol. The van der Waals surface area contributed by atoms with E-state index in [-0.39, 0.29) is 23.5 Å². The van der Waals surface area contributed by atoms with Crippen molar-refractivity contribution in [3.05, 3.63) is 65.5 Å². The molecule has 0 fully saturated rings. The van der Waals surface area contributed by atoms with Gasteiger partial charge in [-0.15, -0.1) is 0 Å². The number of halogens is 6. The number of aryl methyl sites for hydroxylation is 1. The summed E-state index contributed by atoms with van der Waals surface area (Å²) < 4.78 is 18.5. The van der Waals surface area contributed by atoms with E-state index in [1.54, 1.807) is 30.3 Å². The molecule has 27 heavy (non-hydrogen) atoms. The zero-order valence-corrected chi connectivity index (χ0v) is 15.4. The summed E-state index contributed by atoms with van der Waals surface area (Å²) in [6.45, 7) is 2.17. The molecular weight excluding hydrogens is 394 g/mol. The number of unbranched alkanes of at least 4 members (excludes halogenated alkanes) is 2. The maximum Gasteiger partial charge on any atom is 0.350 e. The molecule has 0 saturated carbocycles. The van der Waals surface area contributed by atoms with Gasteiger partial charge in [0, 0.05) is 0 Å². The van der Waals surface area contributed by atoms with Gasteiger partial charge in [-0.05, 0) is 42.7 Å². The predicted octanol–water partition coefficient (Wildman–Crippen LogP) is 6.19. The van der Waals surface area contributed by atoms with Gasteiger partial charge in [-0.1, -0.05) is 44.0 Å². The zero-order valence-electron chi connectivity index (χ0n) is 14.6. The third-order valence-corrected chi connectivity index (χ3v) is 4.05. The Bertz CT molecular complexity index is 626. The summed E-state index contributed by atoms with van der Waals surface area (Å²) in [6, 6.07) is 13.6. The number of hydrogen-bond acceptors (Lipinski definition) is 3. The normalized spacial score (nSPS) is 8.52. The fourth-order valence-corrected chi connectivity index (χ4v) is 2.57. The Morgan fingerprint density at radius 2 is 1.52 bits per heavy atom. The lowest BCUT2D eigenvalue weighted by Crippen LogP contribution is -2.00. The Hall–Kier alpha value is -2.16. The van der Waals surface area contributed by atoms with Crippen LogP contribution in [0.5, 0.6) is 0 Å². The van der Waals surface area contributed by atoms with Gasteiger partial charge in [0.05, 0.1) is 22.5 Å². The van der Waals surface area contributed by atoms with E-state index in [9.17, 15) is 9.18 Å². The smallest absolute Gasteiger partial charge is 0.350 e. The van der Waals surface area contributed by atoms with E-state index in [2.05, 4.69) is 6.92 Å². The lowest BCUT2D eigenvalue weighted by Gasteiger charge is -2.05. The van der Waals surface area contributed by atoms with Crippen molar-refractivity contribution in [1.29, 1.82) is 0 Å². The topological polar surface area (TPSA) is 26.3 Å². The van der Waals surface area contributed by atoms with E-state index in [1.807, 2.05) is 12.1 Å². The van der Waals surface area contributed by atoms with E-state index >= 15 is 0 Å². The van der Waals surface area contributed by atoms with Crippen LogP contribution in [0.3, 0.4) is 0 Å². The maximum absolute atomic E-state index is 13.4. The standard InChI is InChI=1S/C18H19FO2S.5FH/c1-2-3-4-7-14-10-12-15(13-11-14)18(20)21-22-17-9-6-5-8-16(17)19;;;;;/h5-6,8-13H,2-4,7H2,1H3;5*1H. The van der Waals surface area contributed by atoms with Gasteiger partial charge in [0.2, 0.25) is 0 Å². The van der Waals surface area contributed by atoms with E-state index < -0.39 is 11.8 Å². The van der Waals surface area contributed by atoms with Crippen molar-refractivity contribution >= 4 is 18.0 Å². The summed E-state index contributed by atoms with van der Waals surface area (Å²) >= 11 is 0.746. The highest BCUT2D eigenvalue weighted by molar-refractivity contribution is 7.95. The quantitative estimate of drug-likeness (QED) is 0.305. The maximum atomic E-state index is 13.4. The SMILES string of the molecule is CCCCCc1ccc(C(=O)OSc2ccccc2F)cc1.F.F.F.F.F. The molecule has 0 unspecified atom stereocenters. The third kappa shape index (κ3) is 10.5. The Kier molecular flexibility index (Phi) is 20.8. The molecule has 9 heteroatoms. The average molecular weight is 418 g/mol. The van der Waals surface area contributed by atoms with Crippen LogP contribution in [0.4, 0.5) is 27.9 Å². The van der Waals surface area contributed by atoms with E-state index in [0.717, 1.165) is 24.9 Å². The van der Waals surface area contributed by atoms with Gasteiger partial charge < -0.3 is 4.18 Å². The third-order valence-electron chi connectivity index (χ3n) is 3.30. The van der Waals surface area contributed by atoms with Gasteiger partial charge in [0.15, 0.2) is 0 Å². The number of carbonyl (C=O) groups is 1. The predicted molar refractivity (Wildman–Crippen MR) is 99.9 cm³/mol. The first-order valence-electron chi connectivity index (χ1n) is 7.43. The van der Waals surface area contributed by atoms with Crippen molar-refractivity contribution in [2.75, 3.05) is 0 Å². The van der Waals surface area contributed by atoms with Crippen LogP contribution in [0, 0.1) is 5.82 Å². The van der Waals surface area contributed by atoms with Crippen molar-refractivity contribution in [2.45, 2.75) is 37.5 Å². The summed E-state index contributed by atoms with van der Waals surface area (Å²) in [4.78, 5) is 12.2. The summed E-state index contributed by atoms with van der Waals surface area (Å²) in [7, 11) is 0. The van der Waals surface area contributed by atoms with Gasteiger partial charge in [-0.25, -0.2) is 9.18 Å². The van der Waals surface area contributed by atoms with Crippen LogP contribution in [0.15, 0.2) is 53.4 Å². The highest BCUT2D eigenvalue weighted by Crippen LogP contribution is 2.23. The first kappa shape index (κ1) is 32.5. The number of carbonyl (C=O) groups excluding carboxylic acids is 1. The second kappa shape index (κ2) is 17.3.